The first-order valence-electron chi connectivity index (χ1n) is 4.39. The molecule has 0 radical (unpaired) electrons. The maximum absolute atomic E-state index is 12.4. The second-order valence-electron chi connectivity index (χ2n) is 3.06. The molecule has 0 aliphatic rings. The molecule has 0 fully saturated rings. The molecule has 0 aliphatic carbocycles. The molecule has 0 atom stereocenters. The van der Waals surface area contributed by atoms with Gasteiger partial charge in [0.05, 0.1) is 0 Å². The van der Waals surface area contributed by atoms with Gasteiger partial charge in [-0.05, 0) is 18.2 Å². The van der Waals surface area contributed by atoms with E-state index in [1.165, 1.54) is 18.2 Å². The molecule has 0 spiro atoms. The fourth-order valence-corrected chi connectivity index (χ4v) is 1.27. The average Bonchev–Trinajstić information content (AvgIpc) is 2.19. The molecule has 1 rings (SSSR count). The van der Waals surface area contributed by atoms with Crippen LogP contribution in [0, 0.1) is 0 Å². The van der Waals surface area contributed by atoms with Crippen molar-refractivity contribution in [1.29, 1.82) is 0 Å². The minimum absolute atomic E-state index is 0.245. The molecule has 0 saturated heterocycles. The van der Waals surface area contributed by atoms with Crippen molar-refractivity contribution in [3.63, 3.8) is 0 Å². The normalized spacial score (nSPS) is 9.88. The first kappa shape index (κ1) is 12.4. The van der Waals surface area contributed by atoms with Crippen molar-refractivity contribution in [1.82, 2.24) is 0 Å². The van der Waals surface area contributed by atoms with Gasteiger partial charge in [-0.1, -0.05) is 11.6 Å². The molecule has 16 heavy (non-hydrogen) atoms. The molecule has 2 N–H and O–H groups in total. The van der Waals surface area contributed by atoms with Gasteiger partial charge in [0.25, 0.3) is 0 Å². The Kier molecular flexibility index (Phi) is 4.25. The summed E-state index contributed by atoms with van der Waals surface area (Å²) < 4.78 is 12.4. The zero-order valence-electron chi connectivity index (χ0n) is 8.17. The molecule has 1 aromatic carbocycles. The van der Waals surface area contributed by atoms with Crippen molar-refractivity contribution in [2.75, 3.05) is 5.32 Å². The van der Waals surface area contributed by atoms with Crippen LogP contribution in [0.15, 0.2) is 18.2 Å². The standard InChI is InChI=1S/C10H9ClFNO3/c11-8-2-1-7(3-6(8)5-12)13-9(14)4-10(15)16/h1-3H,4-5H2,(H,13,14)(H,15,16). The number of halogens is 2. The van der Waals surface area contributed by atoms with Crippen LogP contribution < -0.4 is 5.32 Å². The molecule has 86 valence electrons. The molecule has 0 aromatic heterocycles. The Balaban J connectivity index is 2.74. The molecule has 0 saturated carbocycles. The van der Waals surface area contributed by atoms with E-state index in [1.807, 2.05) is 0 Å². The van der Waals surface area contributed by atoms with E-state index >= 15 is 0 Å². The molecule has 1 aromatic rings. The lowest BCUT2D eigenvalue weighted by molar-refractivity contribution is -0.139. The number of carboxylic acid groups (broad SMARTS) is 1. The van der Waals surface area contributed by atoms with E-state index in [2.05, 4.69) is 5.32 Å². The van der Waals surface area contributed by atoms with E-state index in [0.717, 1.165) is 0 Å². The van der Waals surface area contributed by atoms with Gasteiger partial charge in [-0.3, -0.25) is 9.59 Å². The monoisotopic (exact) mass is 245 g/mol. The topological polar surface area (TPSA) is 66.4 Å². The smallest absolute Gasteiger partial charge is 0.312 e. The zero-order chi connectivity index (χ0) is 12.1. The van der Waals surface area contributed by atoms with Gasteiger partial charge >= 0.3 is 5.97 Å². The lowest BCUT2D eigenvalue weighted by Gasteiger charge is -2.06. The third-order valence-corrected chi connectivity index (χ3v) is 2.15. The van der Waals surface area contributed by atoms with Crippen molar-refractivity contribution in [2.24, 2.45) is 0 Å². The van der Waals surface area contributed by atoms with Gasteiger partial charge in [0.1, 0.15) is 13.1 Å². The van der Waals surface area contributed by atoms with Crippen molar-refractivity contribution in [3.05, 3.63) is 28.8 Å². The van der Waals surface area contributed by atoms with Gasteiger partial charge in [0, 0.05) is 16.3 Å². The van der Waals surface area contributed by atoms with Crippen LogP contribution in [0.1, 0.15) is 12.0 Å². The van der Waals surface area contributed by atoms with E-state index < -0.39 is 25.0 Å². The molecule has 4 nitrogen and oxygen atoms in total. The number of rotatable bonds is 4. The van der Waals surface area contributed by atoms with Crippen molar-refractivity contribution in [2.45, 2.75) is 13.1 Å². The van der Waals surface area contributed by atoms with Crippen LogP contribution >= 0.6 is 11.6 Å². The number of aliphatic carboxylic acids is 1. The Morgan fingerprint density at radius 2 is 2.12 bits per heavy atom. The Morgan fingerprint density at radius 3 is 2.69 bits per heavy atom. The van der Waals surface area contributed by atoms with Crippen LogP contribution in [-0.4, -0.2) is 17.0 Å². The van der Waals surface area contributed by atoms with E-state index in [1.54, 1.807) is 0 Å². The van der Waals surface area contributed by atoms with E-state index in [-0.39, 0.29) is 10.6 Å². The summed E-state index contributed by atoms with van der Waals surface area (Å²) in [6, 6.07) is 4.27. The van der Waals surface area contributed by atoms with Crippen molar-refractivity contribution >= 4 is 29.2 Å². The molecular weight excluding hydrogens is 237 g/mol. The highest BCUT2D eigenvalue weighted by Gasteiger charge is 2.08. The summed E-state index contributed by atoms with van der Waals surface area (Å²) in [5.74, 6) is -1.89. The number of carbonyl (C=O) groups excluding carboxylic acids is 1. The highest BCUT2D eigenvalue weighted by Crippen LogP contribution is 2.21. The van der Waals surface area contributed by atoms with Gasteiger partial charge in [0.2, 0.25) is 5.91 Å². The lowest BCUT2D eigenvalue weighted by atomic mass is 10.2. The van der Waals surface area contributed by atoms with Gasteiger partial charge in [0.15, 0.2) is 0 Å². The molecule has 0 unspecified atom stereocenters. The summed E-state index contributed by atoms with van der Waals surface area (Å²) in [5.41, 5.74) is 0.568. The lowest BCUT2D eigenvalue weighted by Crippen LogP contribution is -2.15. The second kappa shape index (κ2) is 5.46. The number of benzene rings is 1. The van der Waals surface area contributed by atoms with Crippen molar-refractivity contribution in [3.8, 4) is 0 Å². The first-order chi connectivity index (χ1) is 7.52. The van der Waals surface area contributed by atoms with Gasteiger partial charge < -0.3 is 10.4 Å². The van der Waals surface area contributed by atoms with Gasteiger partial charge in [-0.25, -0.2) is 4.39 Å². The summed E-state index contributed by atoms with van der Waals surface area (Å²) in [5, 5.41) is 11.0. The van der Waals surface area contributed by atoms with Crippen molar-refractivity contribution < 1.29 is 19.1 Å². The number of carbonyl (C=O) groups is 2. The van der Waals surface area contributed by atoms with Crippen LogP contribution in [0.3, 0.4) is 0 Å². The van der Waals surface area contributed by atoms with E-state index in [4.69, 9.17) is 16.7 Å². The fraction of sp³-hybridized carbons (Fsp3) is 0.200. The Bertz CT molecular complexity index is 423. The summed E-state index contributed by atoms with van der Waals surface area (Å²) in [6.45, 7) is -0.749. The van der Waals surface area contributed by atoms with E-state index in [9.17, 15) is 14.0 Å². The third-order valence-electron chi connectivity index (χ3n) is 1.79. The number of carboxylic acids is 1. The summed E-state index contributed by atoms with van der Waals surface area (Å²) in [6.07, 6.45) is -0.631. The van der Waals surface area contributed by atoms with Crippen LogP contribution in [-0.2, 0) is 16.3 Å². The van der Waals surface area contributed by atoms with Crippen LogP contribution in [0.25, 0.3) is 0 Å². The maximum Gasteiger partial charge on any atom is 0.312 e. The molecule has 0 aliphatic heterocycles. The number of nitrogens with one attached hydrogen (secondary N) is 1. The number of amides is 1. The van der Waals surface area contributed by atoms with Gasteiger partial charge in [-0.15, -0.1) is 0 Å². The summed E-state index contributed by atoms with van der Waals surface area (Å²) in [4.78, 5) is 21.3. The second-order valence-corrected chi connectivity index (χ2v) is 3.47. The average molecular weight is 246 g/mol. The molecular formula is C10H9ClFNO3. The minimum Gasteiger partial charge on any atom is -0.481 e. The number of alkyl halides is 1. The van der Waals surface area contributed by atoms with Crippen LogP contribution in [0.4, 0.5) is 10.1 Å². The summed E-state index contributed by atoms with van der Waals surface area (Å²) >= 11 is 5.67. The van der Waals surface area contributed by atoms with Gasteiger partial charge in [-0.2, -0.15) is 0 Å². The fourth-order valence-electron chi connectivity index (χ4n) is 1.10. The highest BCUT2D eigenvalue weighted by molar-refractivity contribution is 6.31. The highest BCUT2D eigenvalue weighted by atomic mass is 35.5. The molecule has 6 heteroatoms. The van der Waals surface area contributed by atoms with Crippen LogP contribution in [0.5, 0.6) is 0 Å². The Hall–Kier alpha value is -1.62. The maximum atomic E-state index is 12.4. The quantitative estimate of drug-likeness (QED) is 0.800. The minimum atomic E-state index is -1.22. The molecule has 0 heterocycles. The first-order valence-corrected chi connectivity index (χ1v) is 4.76. The largest absolute Gasteiger partial charge is 0.481 e. The SMILES string of the molecule is O=C(O)CC(=O)Nc1ccc(Cl)c(CF)c1. The van der Waals surface area contributed by atoms with E-state index in [0.29, 0.717) is 5.69 Å². The predicted molar refractivity (Wildman–Crippen MR) is 57.1 cm³/mol. The number of hydrogen-bond donors (Lipinski definition) is 2. The molecule has 1 amide bonds. The zero-order valence-corrected chi connectivity index (χ0v) is 8.92. The summed E-state index contributed by atoms with van der Waals surface area (Å²) in [7, 11) is 0. The van der Waals surface area contributed by atoms with Crippen LogP contribution in [0.2, 0.25) is 5.02 Å². The number of hydrogen-bond acceptors (Lipinski definition) is 2. The molecule has 0 bridgehead atoms. The Labute approximate surface area is 96.0 Å². The third kappa shape index (κ3) is 3.51. The predicted octanol–water partition coefficient (Wildman–Crippen LogP) is 2.22. The Morgan fingerprint density at radius 1 is 1.44 bits per heavy atom. The number of anilines is 1.